The molecular formula is C24H28ClN3O4S. The molecule has 3 aromatic rings. The highest BCUT2D eigenvalue weighted by molar-refractivity contribution is 7.91. The molecule has 2 heterocycles. The number of ether oxygens (including phenoxy) is 1. The average Bonchev–Trinajstić information content (AvgIpc) is 2.72. The molecular weight excluding hydrogens is 462 g/mol. The van der Waals surface area contributed by atoms with Gasteiger partial charge in [0.25, 0.3) is 5.56 Å². The van der Waals surface area contributed by atoms with E-state index in [2.05, 4.69) is 23.8 Å². The molecule has 9 heteroatoms. The van der Waals surface area contributed by atoms with Crippen molar-refractivity contribution in [2.24, 2.45) is 7.05 Å². The van der Waals surface area contributed by atoms with E-state index in [-0.39, 0.29) is 23.2 Å². The van der Waals surface area contributed by atoms with Gasteiger partial charge >= 0.3 is 6.01 Å². The van der Waals surface area contributed by atoms with E-state index in [1.54, 1.807) is 52.2 Å². The SMILES string of the molecule is Cc1cc(-c2cc(CS(=O)(=O)C(C)C)nc(Oc3cc(C(C)C)ccc3Cl)n2)cn(C)c1=O. The Labute approximate surface area is 199 Å². The molecule has 7 nitrogen and oxygen atoms in total. The lowest BCUT2D eigenvalue weighted by Gasteiger charge is -2.14. The van der Waals surface area contributed by atoms with Gasteiger partial charge in [0.05, 0.1) is 27.4 Å². The van der Waals surface area contributed by atoms with Gasteiger partial charge in [0.1, 0.15) is 5.75 Å². The number of hydrogen-bond acceptors (Lipinski definition) is 6. The number of halogens is 1. The van der Waals surface area contributed by atoms with Gasteiger partial charge in [-0.05, 0) is 56.5 Å². The fourth-order valence-electron chi connectivity index (χ4n) is 3.19. The standard InChI is InChI=1S/C24H28ClN3O4S/c1-14(2)17-7-8-20(25)22(10-17)32-24-26-19(13-33(30,31)15(3)4)11-21(27-24)18-9-16(5)23(29)28(6)12-18/h7-12,14-15H,13H2,1-6H3. The van der Waals surface area contributed by atoms with Crippen molar-refractivity contribution < 1.29 is 13.2 Å². The maximum atomic E-state index is 12.6. The zero-order valence-corrected chi connectivity index (χ0v) is 21.2. The summed E-state index contributed by atoms with van der Waals surface area (Å²) in [6.45, 7) is 9.08. The van der Waals surface area contributed by atoms with Crippen LogP contribution in [0.4, 0.5) is 0 Å². The number of pyridine rings is 1. The molecule has 0 aliphatic rings. The number of rotatable bonds is 7. The Hall–Kier alpha value is -2.71. The fraction of sp³-hybridized carbons (Fsp3) is 0.375. The van der Waals surface area contributed by atoms with Crippen molar-refractivity contribution >= 4 is 21.4 Å². The largest absolute Gasteiger partial charge is 0.423 e. The van der Waals surface area contributed by atoms with Crippen molar-refractivity contribution in [3.63, 3.8) is 0 Å². The van der Waals surface area contributed by atoms with Gasteiger partial charge in [-0.3, -0.25) is 4.79 Å². The zero-order valence-electron chi connectivity index (χ0n) is 19.6. The molecule has 0 spiro atoms. The van der Waals surface area contributed by atoms with E-state index in [1.807, 2.05) is 12.1 Å². The topological polar surface area (TPSA) is 91.2 Å². The first-order valence-corrected chi connectivity index (χ1v) is 12.7. The van der Waals surface area contributed by atoms with Crippen molar-refractivity contribution in [2.75, 3.05) is 0 Å². The second-order valence-electron chi connectivity index (χ2n) is 8.66. The summed E-state index contributed by atoms with van der Waals surface area (Å²) >= 11 is 6.34. The maximum Gasteiger partial charge on any atom is 0.322 e. The first kappa shape index (κ1) is 24.9. The quantitative estimate of drug-likeness (QED) is 0.461. The first-order chi connectivity index (χ1) is 15.4. The second-order valence-corrected chi connectivity index (χ2v) is 11.6. The van der Waals surface area contributed by atoms with Crippen LogP contribution in [0, 0.1) is 6.92 Å². The number of aromatic nitrogens is 3. The Kier molecular flexibility index (Phi) is 7.29. The van der Waals surface area contributed by atoms with Crippen LogP contribution >= 0.6 is 11.6 Å². The van der Waals surface area contributed by atoms with Gasteiger partial charge in [-0.25, -0.2) is 8.42 Å². The van der Waals surface area contributed by atoms with Crippen LogP contribution in [-0.2, 0) is 22.6 Å². The normalized spacial score (nSPS) is 11.9. The Morgan fingerprint density at radius 3 is 2.39 bits per heavy atom. The van der Waals surface area contributed by atoms with Crippen LogP contribution in [0.15, 0.2) is 41.3 Å². The molecule has 0 N–H and O–H groups in total. The number of benzene rings is 1. The molecule has 0 radical (unpaired) electrons. The van der Waals surface area contributed by atoms with E-state index in [0.29, 0.717) is 33.3 Å². The lowest BCUT2D eigenvalue weighted by molar-refractivity contribution is 0.440. The minimum atomic E-state index is -3.42. The molecule has 0 unspecified atom stereocenters. The Morgan fingerprint density at radius 2 is 1.79 bits per heavy atom. The van der Waals surface area contributed by atoms with E-state index >= 15 is 0 Å². The Bertz CT molecular complexity index is 1320. The van der Waals surface area contributed by atoms with Gasteiger partial charge in [-0.15, -0.1) is 0 Å². The molecule has 2 aromatic heterocycles. The van der Waals surface area contributed by atoms with Gasteiger partial charge < -0.3 is 9.30 Å². The first-order valence-electron chi connectivity index (χ1n) is 10.6. The minimum Gasteiger partial charge on any atom is -0.423 e. The maximum absolute atomic E-state index is 12.6. The molecule has 176 valence electrons. The van der Waals surface area contributed by atoms with Crippen LogP contribution in [0.2, 0.25) is 5.02 Å². The van der Waals surface area contributed by atoms with Crippen LogP contribution in [0.5, 0.6) is 11.8 Å². The molecule has 3 rings (SSSR count). The Balaban J connectivity index is 2.14. The highest BCUT2D eigenvalue weighted by Gasteiger charge is 2.20. The van der Waals surface area contributed by atoms with Crippen LogP contribution in [-0.4, -0.2) is 28.2 Å². The zero-order chi connectivity index (χ0) is 24.5. The highest BCUT2D eigenvalue weighted by atomic mass is 35.5. The van der Waals surface area contributed by atoms with Gasteiger partial charge in [0.15, 0.2) is 9.84 Å². The van der Waals surface area contributed by atoms with E-state index < -0.39 is 15.1 Å². The predicted octanol–water partition coefficient (Wildman–Crippen LogP) is 5.04. The smallest absolute Gasteiger partial charge is 0.322 e. The summed E-state index contributed by atoms with van der Waals surface area (Å²) in [4.78, 5) is 21.0. The third-order valence-corrected chi connectivity index (χ3v) is 7.75. The van der Waals surface area contributed by atoms with Crippen molar-refractivity contribution in [3.05, 3.63) is 68.7 Å². The van der Waals surface area contributed by atoms with Crippen molar-refractivity contribution in [1.29, 1.82) is 0 Å². The van der Waals surface area contributed by atoms with Gasteiger partial charge in [-0.1, -0.05) is 31.5 Å². The van der Waals surface area contributed by atoms with E-state index in [4.69, 9.17) is 16.3 Å². The third-order valence-electron chi connectivity index (χ3n) is 5.31. The summed E-state index contributed by atoms with van der Waals surface area (Å²) < 4.78 is 32.6. The van der Waals surface area contributed by atoms with Gasteiger partial charge in [0.2, 0.25) is 0 Å². The Morgan fingerprint density at radius 1 is 1.09 bits per heavy atom. The summed E-state index contributed by atoms with van der Waals surface area (Å²) in [5.74, 6) is 0.382. The van der Waals surface area contributed by atoms with Gasteiger partial charge in [0, 0.05) is 24.4 Å². The van der Waals surface area contributed by atoms with Crippen LogP contribution in [0.25, 0.3) is 11.3 Å². The number of hydrogen-bond donors (Lipinski definition) is 0. The molecule has 33 heavy (non-hydrogen) atoms. The molecule has 0 aliphatic heterocycles. The van der Waals surface area contributed by atoms with Gasteiger partial charge in [-0.2, -0.15) is 9.97 Å². The molecule has 0 aliphatic carbocycles. The molecule has 0 amide bonds. The van der Waals surface area contributed by atoms with Crippen molar-refractivity contribution in [2.45, 2.75) is 51.5 Å². The molecule has 0 bridgehead atoms. The summed E-state index contributed by atoms with van der Waals surface area (Å²) in [7, 11) is -1.76. The number of nitrogens with zero attached hydrogens (tertiary/aromatic N) is 3. The van der Waals surface area contributed by atoms with E-state index in [1.165, 1.54) is 4.57 Å². The highest BCUT2D eigenvalue weighted by Crippen LogP contribution is 2.32. The van der Waals surface area contributed by atoms with Crippen LogP contribution < -0.4 is 10.3 Å². The van der Waals surface area contributed by atoms with Crippen LogP contribution in [0.1, 0.15) is 50.4 Å². The second kappa shape index (κ2) is 9.65. The average molecular weight is 490 g/mol. The van der Waals surface area contributed by atoms with Crippen LogP contribution in [0.3, 0.4) is 0 Å². The van der Waals surface area contributed by atoms with Crippen molar-refractivity contribution in [1.82, 2.24) is 14.5 Å². The fourth-order valence-corrected chi connectivity index (χ4v) is 4.24. The molecule has 0 saturated heterocycles. The van der Waals surface area contributed by atoms with E-state index in [0.717, 1.165) is 5.56 Å². The minimum absolute atomic E-state index is 0.0178. The van der Waals surface area contributed by atoms with Crippen molar-refractivity contribution in [3.8, 4) is 23.0 Å². The number of sulfone groups is 1. The molecule has 1 aromatic carbocycles. The monoisotopic (exact) mass is 489 g/mol. The lowest BCUT2D eigenvalue weighted by Crippen LogP contribution is -2.19. The van der Waals surface area contributed by atoms with E-state index in [9.17, 15) is 13.2 Å². The molecule has 0 saturated carbocycles. The summed E-state index contributed by atoms with van der Waals surface area (Å²) in [5.41, 5.74) is 2.84. The third kappa shape index (κ3) is 5.81. The lowest BCUT2D eigenvalue weighted by atomic mass is 10.0. The molecule has 0 fully saturated rings. The number of aryl methyl sites for hydroxylation is 2. The predicted molar refractivity (Wildman–Crippen MR) is 131 cm³/mol. The molecule has 0 atom stereocenters. The summed E-state index contributed by atoms with van der Waals surface area (Å²) in [5, 5.41) is -0.167. The summed E-state index contributed by atoms with van der Waals surface area (Å²) in [6.07, 6.45) is 1.65. The summed E-state index contributed by atoms with van der Waals surface area (Å²) in [6, 6.07) is 8.79.